The van der Waals surface area contributed by atoms with Gasteiger partial charge in [-0.25, -0.2) is 4.21 Å². The lowest BCUT2D eigenvalue weighted by molar-refractivity contribution is -0.113. The van der Waals surface area contributed by atoms with Crippen LogP contribution in [0.25, 0.3) is 0 Å². The first-order valence-electron chi connectivity index (χ1n) is 5.81. The Labute approximate surface area is 110 Å². The molecule has 0 aliphatic rings. The lowest BCUT2D eigenvalue weighted by Crippen LogP contribution is -2.55. The van der Waals surface area contributed by atoms with Crippen LogP contribution in [0.1, 0.15) is 19.4 Å². The highest BCUT2D eigenvalue weighted by molar-refractivity contribution is 7.80. The average Bonchev–Trinajstić information content (AvgIpc) is 2.30. The lowest BCUT2D eigenvalue weighted by atomic mass is 9.86. The van der Waals surface area contributed by atoms with E-state index in [1.54, 1.807) is 0 Å². The van der Waals surface area contributed by atoms with Crippen molar-refractivity contribution in [2.75, 3.05) is 0 Å². The SMILES string of the molecule is CC(C)C(C=O)C(N)(Cc1ccccc1)S(=O)O. The van der Waals surface area contributed by atoms with E-state index in [4.69, 9.17) is 5.73 Å². The zero-order valence-electron chi connectivity index (χ0n) is 10.6. The van der Waals surface area contributed by atoms with Gasteiger partial charge in [-0.3, -0.25) is 0 Å². The fourth-order valence-electron chi connectivity index (χ4n) is 2.05. The van der Waals surface area contributed by atoms with Gasteiger partial charge in [-0.2, -0.15) is 0 Å². The van der Waals surface area contributed by atoms with Crippen molar-refractivity contribution in [2.45, 2.75) is 25.1 Å². The molecule has 18 heavy (non-hydrogen) atoms. The number of aldehydes is 1. The highest BCUT2D eigenvalue weighted by Crippen LogP contribution is 2.27. The van der Waals surface area contributed by atoms with Gasteiger partial charge in [0.15, 0.2) is 11.1 Å². The van der Waals surface area contributed by atoms with Crippen molar-refractivity contribution in [3.05, 3.63) is 35.9 Å². The van der Waals surface area contributed by atoms with Gasteiger partial charge in [0.05, 0.1) is 0 Å². The number of rotatable bonds is 6. The molecular weight excluding hydrogens is 250 g/mol. The van der Waals surface area contributed by atoms with E-state index in [1.807, 2.05) is 44.2 Å². The summed E-state index contributed by atoms with van der Waals surface area (Å²) in [6.45, 7) is 3.64. The maximum atomic E-state index is 11.6. The molecule has 0 fully saturated rings. The molecule has 1 aromatic carbocycles. The molecule has 0 bridgehead atoms. The van der Waals surface area contributed by atoms with Crippen LogP contribution in [0.4, 0.5) is 0 Å². The molecule has 100 valence electrons. The van der Waals surface area contributed by atoms with Crippen molar-refractivity contribution < 1.29 is 13.6 Å². The number of carbonyl (C=O) groups is 1. The molecule has 0 spiro atoms. The second kappa shape index (κ2) is 6.22. The zero-order valence-corrected chi connectivity index (χ0v) is 11.4. The number of nitrogens with two attached hydrogens (primary N) is 1. The number of hydrogen-bond acceptors (Lipinski definition) is 3. The number of benzene rings is 1. The third kappa shape index (κ3) is 3.25. The van der Waals surface area contributed by atoms with Crippen LogP contribution in [0.3, 0.4) is 0 Å². The summed E-state index contributed by atoms with van der Waals surface area (Å²) in [4.78, 5) is 9.72. The molecule has 0 aliphatic carbocycles. The second-order valence-electron chi connectivity index (χ2n) is 4.77. The molecule has 0 saturated heterocycles. The first-order valence-corrected chi connectivity index (χ1v) is 6.91. The summed E-state index contributed by atoms with van der Waals surface area (Å²) in [7, 11) is 0. The average molecular weight is 269 g/mol. The normalized spacial score (nSPS) is 18.1. The molecule has 3 unspecified atom stereocenters. The van der Waals surface area contributed by atoms with Crippen molar-refractivity contribution in [3.8, 4) is 0 Å². The molecule has 0 saturated carbocycles. The van der Waals surface area contributed by atoms with E-state index in [9.17, 15) is 13.6 Å². The van der Waals surface area contributed by atoms with Crippen molar-refractivity contribution in [2.24, 2.45) is 17.6 Å². The van der Waals surface area contributed by atoms with Gasteiger partial charge in [0, 0.05) is 12.3 Å². The summed E-state index contributed by atoms with van der Waals surface area (Å²) in [5.41, 5.74) is 6.89. The monoisotopic (exact) mass is 269 g/mol. The minimum absolute atomic E-state index is 0.0905. The fraction of sp³-hybridized carbons (Fsp3) is 0.462. The molecule has 0 radical (unpaired) electrons. The Morgan fingerprint density at radius 2 is 1.94 bits per heavy atom. The van der Waals surface area contributed by atoms with Gasteiger partial charge in [-0.05, 0) is 11.5 Å². The van der Waals surface area contributed by atoms with E-state index in [1.165, 1.54) is 0 Å². The maximum absolute atomic E-state index is 11.6. The molecule has 3 N–H and O–H groups in total. The molecule has 0 heterocycles. The summed E-state index contributed by atoms with van der Waals surface area (Å²) in [5.74, 6) is -0.754. The summed E-state index contributed by atoms with van der Waals surface area (Å²) < 4.78 is 21.0. The fourth-order valence-corrected chi connectivity index (χ4v) is 2.90. The van der Waals surface area contributed by atoms with Gasteiger partial charge >= 0.3 is 0 Å². The number of hydrogen-bond donors (Lipinski definition) is 2. The van der Waals surface area contributed by atoms with Crippen molar-refractivity contribution in [3.63, 3.8) is 0 Å². The third-order valence-electron chi connectivity index (χ3n) is 3.08. The quantitative estimate of drug-likeness (QED) is 0.607. The highest BCUT2D eigenvalue weighted by atomic mass is 32.2. The van der Waals surface area contributed by atoms with Gasteiger partial charge < -0.3 is 15.1 Å². The Morgan fingerprint density at radius 3 is 2.33 bits per heavy atom. The predicted octanol–water partition coefficient (Wildman–Crippen LogP) is 1.58. The van der Waals surface area contributed by atoms with Crippen LogP contribution in [0.15, 0.2) is 30.3 Å². The lowest BCUT2D eigenvalue weighted by Gasteiger charge is -2.33. The minimum Gasteiger partial charge on any atom is -0.312 e. The maximum Gasteiger partial charge on any atom is 0.174 e. The first kappa shape index (κ1) is 15.0. The zero-order chi connectivity index (χ0) is 13.8. The van der Waals surface area contributed by atoms with Crippen molar-refractivity contribution >= 4 is 17.4 Å². The molecule has 1 aromatic rings. The molecule has 5 heteroatoms. The number of carbonyl (C=O) groups excluding carboxylic acids is 1. The van der Waals surface area contributed by atoms with Crippen LogP contribution in [0.2, 0.25) is 0 Å². The molecule has 0 aromatic heterocycles. The third-order valence-corrected chi connectivity index (χ3v) is 4.14. The van der Waals surface area contributed by atoms with E-state index >= 15 is 0 Å². The summed E-state index contributed by atoms with van der Waals surface area (Å²) in [6.07, 6.45) is 0.875. The van der Waals surface area contributed by atoms with Gasteiger partial charge in [-0.15, -0.1) is 0 Å². The summed E-state index contributed by atoms with van der Waals surface area (Å²) in [5, 5.41) is 0. The van der Waals surface area contributed by atoms with E-state index in [0.717, 1.165) is 5.56 Å². The van der Waals surface area contributed by atoms with Gasteiger partial charge in [-0.1, -0.05) is 44.2 Å². The Morgan fingerprint density at radius 1 is 1.39 bits per heavy atom. The predicted molar refractivity (Wildman–Crippen MR) is 72.2 cm³/mol. The van der Waals surface area contributed by atoms with E-state index in [2.05, 4.69) is 0 Å². The minimum atomic E-state index is -2.27. The standard InChI is InChI=1S/C13H19NO3S/c1-10(2)12(9-15)13(14,18(16)17)8-11-6-4-3-5-7-11/h3-7,9-10,12H,8,14H2,1-2H3,(H,16,17). The molecule has 0 amide bonds. The Hall–Kier alpha value is -1.04. The largest absolute Gasteiger partial charge is 0.312 e. The van der Waals surface area contributed by atoms with Crippen LogP contribution < -0.4 is 5.73 Å². The second-order valence-corrected chi connectivity index (χ2v) is 6.03. The first-order chi connectivity index (χ1) is 8.41. The van der Waals surface area contributed by atoms with Gasteiger partial charge in [0.25, 0.3) is 0 Å². The highest BCUT2D eigenvalue weighted by Gasteiger charge is 2.42. The van der Waals surface area contributed by atoms with E-state index < -0.39 is 21.9 Å². The molecule has 3 atom stereocenters. The molecule has 0 aliphatic heterocycles. The summed E-state index contributed by atoms with van der Waals surface area (Å²) in [6, 6.07) is 9.19. The molecular formula is C13H19NO3S. The van der Waals surface area contributed by atoms with Crippen LogP contribution in [-0.4, -0.2) is 19.9 Å². The van der Waals surface area contributed by atoms with Crippen LogP contribution >= 0.6 is 0 Å². The van der Waals surface area contributed by atoms with Crippen LogP contribution in [0.5, 0.6) is 0 Å². The van der Waals surface area contributed by atoms with Crippen LogP contribution in [-0.2, 0) is 22.3 Å². The van der Waals surface area contributed by atoms with Gasteiger partial charge in [0.1, 0.15) is 11.2 Å². The Balaban J connectivity index is 3.08. The van der Waals surface area contributed by atoms with Crippen molar-refractivity contribution in [1.29, 1.82) is 0 Å². The Kier molecular flexibility index (Phi) is 5.19. The van der Waals surface area contributed by atoms with E-state index in [-0.39, 0.29) is 12.3 Å². The molecule has 1 rings (SSSR count). The smallest absolute Gasteiger partial charge is 0.174 e. The van der Waals surface area contributed by atoms with Crippen molar-refractivity contribution in [1.82, 2.24) is 0 Å². The van der Waals surface area contributed by atoms with Crippen LogP contribution in [0, 0.1) is 11.8 Å². The Bertz CT molecular complexity index is 422. The summed E-state index contributed by atoms with van der Waals surface area (Å²) >= 11 is -2.27. The van der Waals surface area contributed by atoms with Gasteiger partial charge in [0.2, 0.25) is 0 Å². The topological polar surface area (TPSA) is 80.4 Å². The van der Waals surface area contributed by atoms with E-state index in [0.29, 0.717) is 6.29 Å². The molecule has 4 nitrogen and oxygen atoms in total.